The molecule has 1 aromatic rings. The number of carbonyl (C=O) groups is 1. The van der Waals surface area contributed by atoms with Crippen LogP contribution in [0, 0.1) is 17.3 Å². The van der Waals surface area contributed by atoms with Gasteiger partial charge in [0.2, 0.25) is 0 Å². The van der Waals surface area contributed by atoms with Crippen molar-refractivity contribution in [2.24, 2.45) is 17.3 Å². The lowest BCUT2D eigenvalue weighted by atomic mass is 9.50. The molecule has 0 bridgehead atoms. The molecule has 124 valence electrons. The molecule has 3 aliphatic rings. The van der Waals surface area contributed by atoms with E-state index in [1.165, 1.54) is 11.1 Å². The quantitative estimate of drug-likeness (QED) is 0.693. The number of Topliss-reactive ketones (excluding diaryl/α,β-unsaturated/α-hetero) is 1. The molecule has 5 atom stereocenters. The molecule has 1 aromatic carbocycles. The Labute approximate surface area is 144 Å². The molecule has 2 saturated carbocycles. The number of alkyl halides is 1. The summed E-state index contributed by atoms with van der Waals surface area (Å²) in [6.45, 7) is 2.00. The van der Waals surface area contributed by atoms with E-state index in [1.54, 1.807) is 0 Å². The third-order valence-electron chi connectivity index (χ3n) is 6.76. The second kappa shape index (κ2) is 5.30. The van der Waals surface area contributed by atoms with E-state index in [1.807, 2.05) is 13.0 Å². The van der Waals surface area contributed by atoms with Crippen molar-refractivity contribution in [3.05, 3.63) is 27.7 Å². The van der Waals surface area contributed by atoms with E-state index in [0.717, 1.165) is 36.6 Å². The molecule has 2 nitrogen and oxygen atoms in total. The van der Waals surface area contributed by atoms with E-state index in [0.29, 0.717) is 29.9 Å². The van der Waals surface area contributed by atoms with E-state index in [-0.39, 0.29) is 5.78 Å². The molecule has 4 heteroatoms. The topological polar surface area (TPSA) is 37.3 Å². The number of phenolic OH excluding ortho intramolecular Hbond substituents is 1. The molecular weight excluding hydrogens is 359 g/mol. The van der Waals surface area contributed by atoms with Crippen LogP contribution in [0.5, 0.6) is 5.75 Å². The zero-order valence-electron chi connectivity index (χ0n) is 13.3. The smallest absolute Gasteiger partial charge is 0.173 e. The van der Waals surface area contributed by atoms with E-state index >= 15 is 0 Å². The molecule has 3 aliphatic carbocycles. The highest BCUT2D eigenvalue weighted by Gasteiger charge is 2.55. The fraction of sp³-hybridized carbons (Fsp3) is 0.632. The summed E-state index contributed by atoms with van der Waals surface area (Å²) in [6, 6.07) is 3.94. The normalized spacial score (nSPS) is 39.3. The Balaban J connectivity index is 1.72. The first kappa shape index (κ1) is 15.6. The first-order chi connectivity index (χ1) is 10.9. The number of halogens is 2. The number of aryl methyl sites for hydroxylation is 1. The molecule has 0 aliphatic heterocycles. The molecule has 0 aromatic heterocycles. The Bertz CT molecular complexity index is 674. The Hall–Kier alpha value is -0.900. The van der Waals surface area contributed by atoms with Crippen LogP contribution in [0.3, 0.4) is 0 Å². The monoisotopic (exact) mass is 380 g/mol. The molecule has 0 amide bonds. The van der Waals surface area contributed by atoms with Gasteiger partial charge in [-0.1, -0.05) is 6.92 Å². The molecule has 4 rings (SSSR count). The highest BCUT2D eigenvalue weighted by Crippen LogP contribution is 2.59. The fourth-order valence-corrected chi connectivity index (χ4v) is 5.91. The number of aromatic hydroxyl groups is 1. The number of ketones is 1. The number of fused-ring (bicyclic) bond motifs is 5. The van der Waals surface area contributed by atoms with Crippen LogP contribution in [-0.4, -0.2) is 17.1 Å². The Morgan fingerprint density at radius 1 is 1.26 bits per heavy atom. The summed E-state index contributed by atoms with van der Waals surface area (Å²) in [6.07, 6.45) is 3.69. The van der Waals surface area contributed by atoms with Crippen molar-refractivity contribution in [3.63, 3.8) is 0 Å². The molecule has 23 heavy (non-hydrogen) atoms. The van der Waals surface area contributed by atoms with Crippen molar-refractivity contribution in [2.45, 2.75) is 57.5 Å². The van der Waals surface area contributed by atoms with Crippen molar-refractivity contribution in [1.82, 2.24) is 0 Å². The lowest BCUT2D eigenvalue weighted by Gasteiger charge is -2.53. The van der Waals surface area contributed by atoms with Gasteiger partial charge < -0.3 is 5.11 Å². The highest BCUT2D eigenvalue weighted by atomic mass is 79.9. The molecular formula is C19H22BrFO2. The number of carbonyl (C=O) groups excluding carboxylic acids is 1. The van der Waals surface area contributed by atoms with Gasteiger partial charge in [-0.3, -0.25) is 4.79 Å². The fourth-order valence-electron chi connectivity index (χ4n) is 5.55. The Kier molecular flexibility index (Phi) is 3.60. The van der Waals surface area contributed by atoms with E-state index in [2.05, 4.69) is 22.0 Å². The SMILES string of the molecule is C[C@]12CC[C@@H]3c4cc(Br)c(O)cc4CC[C@H]3[C@@H]1CC[C@H](F)C2=O. The highest BCUT2D eigenvalue weighted by molar-refractivity contribution is 9.10. The summed E-state index contributed by atoms with van der Waals surface area (Å²) in [5, 5.41) is 9.93. The molecule has 0 unspecified atom stereocenters. The predicted octanol–water partition coefficient (Wildman–Crippen LogP) is 4.92. The summed E-state index contributed by atoms with van der Waals surface area (Å²) in [5.41, 5.74) is 2.09. The maximum atomic E-state index is 14.0. The van der Waals surface area contributed by atoms with Gasteiger partial charge in [0.05, 0.1) is 4.47 Å². The zero-order chi connectivity index (χ0) is 16.4. The number of hydrogen-bond acceptors (Lipinski definition) is 2. The number of phenols is 1. The van der Waals surface area contributed by atoms with Gasteiger partial charge in [-0.2, -0.15) is 0 Å². The third kappa shape index (κ3) is 2.20. The van der Waals surface area contributed by atoms with Gasteiger partial charge in [0, 0.05) is 5.41 Å². The van der Waals surface area contributed by atoms with Crippen LogP contribution < -0.4 is 0 Å². The molecule has 0 saturated heterocycles. The van der Waals surface area contributed by atoms with Crippen LogP contribution in [0.4, 0.5) is 4.39 Å². The molecule has 0 radical (unpaired) electrons. The number of hydrogen-bond donors (Lipinski definition) is 1. The third-order valence-corrected chi connectivity index (χ3v) is 7.40. The molecule has 0 heterocycles. The lowest BCUT2D eigenvalue weighted by Crippen LogP contribution is -2.52. The predicted molar refractivity (Wildman–Crippen MR) is 90.3 cm³/mol. The van der Waals surface area contributed by atoms with Crippen molar-refractivity contribution >= 4 is 21.7 Å². The minimum Gasteiger partial charge on any atom is -0.507 e. The standard InChI is InChI=1S/C19H22BrFO2/c1-19-7-6-11-12(14(19)4-5-16(21)18(19)23)3-2-10-8-17(22)15(20)9-13(10)11/h8-9,11-12,14,16,22H,2-7H2,1H3/t11-,12+,14-,16-,19-/m0/s1. The average Bonchev–Trinajstić information content (AvgIpc) is 2.52. The Morgan fingerprint density at radius 3 is 2.83 bits per heavy atom. The minimum atomic E-state index is -1.25. The van der Waals surface area contributed by atoms with Crippen molar-refractivity contribution in [2.75, 3.05) is 0 Å². The maximum Gasteiger partial charge on any atom is 0.173 e. The van der Waals surface area contributed by atoms with Crippen molar-refractivity contribution in [1.29, 1.82) is 0 Å². The molecule has 0 spiro atoms. The van der Waals surface area contributed by atoms with Crippen molar-refractivity contribution < 1.29 is 14.3 Å². The summed E-state index contributed by atoms with van der Waals surface area (Å²) in [7, 11) is 0. The molecule has 1 N–H and O–H groups in total. The van der Waals surface area contributed by atoms with Crippen LogP contribution in [-0.2, 0) is 11.2 Å². The van der Waals surface area contributed by atoms with E-state index < -0.39 is 11.6 Å². The minimum absolute atomic E-state index is 0.148. The van der Waals surface area contributed by atoms with Gasteiger partial charge in [-0.05, 0) is 95.5 Å². The first-order valence-electron chi connectivity index (χ1n) is 8.61. The summed E-state index contributed by atoms with van der Waals surface area (Å²) >= 11 is 3.43. The second-order valence-corrected chi connectivity index (χ2v) is 8.64. The largest absolute Gasteiger partial charge is 0.507 e. The van der Waals surface area contributed by atoms with E-state index in [9.17, 15) is 14.3 Å². The van der Waals surface area contributed by atoms with E-state index in [4.69, 9.17) is 0 Å². The first-order valence-corrected chi connectivity index (χ1v) is 9.41. The summed E-state index contributed by atoms with van der Waals surface area (Å²) < 4.78 is 14.7. The number of rotatable bonds is 0. The van der Waals surface area contributed by atoms with Gasteiger partial charge in [0.15, 0.2) is 12.0 Å². The summed E-state index contributed by atoms with van der Waals surface area (Å²) in [5.74, 6) is 1.37. The second-order valence-electron chi connectivity index (χ2n) is 7.78. The van der Waals surface area contributed by atoms with Gasteiger partial charge in [0.25, 0.3) is 0 Å². The molecule has 2 fully saturated rings. The van der Waals surface area contributed by atoms with Crippen LogP contribution in [0.1, 0.15) is 56.1 Å². The van der Waals surface area contributed by atoms with Crippen LogP contribution in [0.15, 0.2) is 16.6 Å². The Morgan fingerprint density at radius 2 is 2.04 bits per heavy atom. The van der Waals surface area contributed by atoms with Gasteiger partial charge >= 0.3 is 0 Å². The zero-order valence-corrected chi connectivity index (χ0v) is 14.9. The van der Waals surface area contributed by atoms with Gasteiger partial charge in [-0.15, -0.1) is 0 Å². The van der Waals surface area contributed by atoms with Crippen molar-refractivity contribution in [3.8, 4) is 5.75 Å². The van der Waals surface area contributed by atoms with Crippen LogP contribution in [0.2, 0.25) is 0 Å². The van der Waals surface area contributed by atoms with Gasteiger partial charge in [0.1, 0.15) is 5.75 Å². The number of benzene rings is 1. The summed E-state index contributed by atoms with van der Waals surface area (Å²) in [4.78, 5) is 12.5. The van der Waals surface area contributed by atoms with Crippen LogP contribution >= 0.6 is 15.9 Å². The lowest BCUT2D eigenvalue weighted by molar-refractivity contribution is -0.147. The average molecular weight is 381 g/mol. The van der Waals surface area contributed by atoms with Gasteiger partial charge in [-0.25, -0.2) is 4.39 Å². The van der Waals surface area contributed by atoms with Crippen LogP contribution in [0.25, 0.3) is 0 Å². The maximum absolute atomic E-state index is 14.0.